The number of nitrogens with one attached hydrogen (secondary N) is 1. The van der Waals surface area contributed by atoms with Gasteiger partial charge in [-0.15, -0.1) is 0 Å². The van der Waals surface area contributed by atoms with Crippen LogP contribution in [0.25, 0.3) is 10.3 Å². The van der Waals surface area contributed by atoms with Gasteiger partial charge in [-0.3, -0.25) is 15.0 Å². The third-order valence-corrected chi connectivity index (χ3v) is 5.87. The third kappa shape index (κ3) is 5.09. The van der Waals surface area contributed by atoms with Gasteiger partial charge in [-0.2, -0.15) is 0 Å². The normalized spacial score (nSPS) is 12.6. The number of benzene rings is 1. The molecule has 0 amide bonds. The monoisotopic (exact) mass is 404 g/mol. The lowest BCUT2D eigenvalue weighted by Gasteiger charge is -2.25. The Hall–Kier alpha value is -1.90. The van der Waals surface area contributed by atoms with E-state index in [4.69, 9.17) is 0 Å². The van der Waals surface area contributed by atoms with E-state index in [1.807, 2.05) is 25.1 Å². The van der Waals surface area contributed by atoms with Crippen LogP contribution in [0.2, 0.25) is 0 Å². The number of rotatable bonds is 8. The number of anilines is 1. The molecular formula is C19H24N4O2S2. The molecule has 0 radical (unpaired) electrons. The van der Waals surface area contributed by atoms with Crippen molar-refractivity contribution in [1.29, 1.82) is 0 Å². The number of aryl methyl sites for hydroxylation is 1. The van der Waals surface area contributed by atoms with E-state index in [1.54, 1.807) is 0 Å². The van der Waals surface area contributed by atoms with Crippen LogP contribution < -0.4 is 9.94 Å². The zero-order chi connectivity index (χ0) is 19.4. The van der Waals surface area contributed by atoms with E-state index in [9.17, 15) is 10.0 Å². The van der Waals surface area contributed by atoms with Crippen molar-refractivity contribution in [1.82, 2.24) is 15.0 Å². The van der Waals surface area contributed by atoms with Crippen molar-refractivity contribution >= 4 is 39.3 Å². The van der Waals surface area contributed by atoms with Crippen molar-refractivity contribution < 1.29 is 5.21 Å². The van der Waals surface area contributed by atoms with Gasteiger partial charge in [-0.25, -0.2) is 15.0 Å². The molecule has 0 spiro atoms. The van der Waals surface area contributed by atoms with Crippen LogP contribution in [0.4, 0.5) is 5.82 Å². The number of nitrogens with zero attached hydrogens (tertiary/aromatic N) is 3. The number of fused-ring (bicyclic) bond motifs is 1. The molecule has 1 aromatic carbocycles. The Morgan fingerprint density at radius 1 is 1.22 bits per heavy atom. The van der Waals surface area contributed by atoms with Gasteiger partial charge in [0, 0.05) is 5.75 Å². The van der Waals surface area contributed by atoms with E-state index < -0.39 is 0 Å². The van der Waals surface area contributed by atoms with Gasteiger partial charge in [0.2, 0.25) is 0 Å². The van der Waals surface area contributed by atoms with E-state index in [1.165, 1.54) is 22.4 Å². The highest BCUT2D eigenvalue weighted by atomic mass is 32.2. The molecule has 3 aromatic rings. The number of hydrogen-bond acceptors (Lipinski definition) is 7. The molecule has 0 aliphatic rings. The summed E-state index contributed by atoms with van der Waals surface area (Å²) >= 11 is 2.54. The SMILES string of the molecule is CC(C)C[C@@H](C)N(O)c1nc(SCCc2ccccc2)nc2[nH]c(=O)sc12. The molecule has 0 saturated heterocycles. The highest BCUT2D eigenvalue weighted by molar-refractivity contribution is 7.99. The first-order valence-corrected chi connectivity index (χ1v) is 10.8. The molecule has 0 saturated carbocycles. The van der Waals surface area contributed by atoms with Crippen LogP contribution in [0, 0.1) is 5.92 Å². The van der Waals surface area contributed by atoms with Gasteiger partial charge in [0.05, 0.1) is 6.04 Å². The quantitative estimate of drug-likeness (QED) is 0.330. The maximum atomic E-state index is 11.8. The molecule has 0 fully saturated rings. The average Bonchev–Trinajstić information content (AvgIpc) is 3.01. The zero-order valence-electron chi connectivity index (χ0n) is 15.7. The fourth-order valence-electron chi connectivity index (χ4n) is 2.93. The minimum atomic E-state index is -0.197. The highest BCUT2D eigenvalue weighted by Gasteiger charge is 2.21. The zero-order valence-corrected chi connectivity index (χ0v) is 17.3. The summed E-state index contributed by atoms with van der Waals surface area (Å²) in [6.07, 6.45) is 1.72. The minimum Gasteiger partial charge on any atom is -0.297 e. The summed E-state index contributed by atoms with van der Waals surface area (Å²) < 4.78 is 0.588. The first-order valence-electron chi connectivity index (χ1n) is 8.99. The third-order valence-electron chi connectivity index (χ3n) is 4.15. The second-order valence-electron chi connectivity index (χ2n) is 6.93. The maximum Gasteiger partial charge on any atom is 0.306 e. The first kappa shape index (κ1) is 19.9. The lowest BCUT2D eigenvalue weighted by Crippen LogP contribution is -2.31. The smallest absolute Gasteiger partial charge is 0.297 e. The molecule has 2 N–H and O–H groups in total. The van der Waals surface area contributed by atoms with Crippen LogP contribution in [0.3, 0.4) is 0 Å². The van der Waals surface area contributed by atoms with Crippen LogP contribution in [-0.4, -0.2) is 32.0 Å². The number of hydrogen-bond donors (Lipinski definition) is 2. The molecule has 3 rings (SSSR count). The van der Waals surface area contributed by atoms with Gasteiger partial charge < -0.3 is 0 Å². The molecule has 0 aliphatic heterocycles. The van der Waals surface area contributed by atoms with Crippen molar-refractivity contribution in [3.63, 3.8) is 0 Å². The Morgan fingerprint density at radius 3 is 2.67 bits per heavy atom. The van der Waals surface area contributed by atoms with Crippen LogP contribution in [-0.2, 0) is 6.42 Å². The fraction of sp³-hybridized carbons (Fsp3) is 0.421. The number of thiazole rings is 1. The Kier molecular flexibility index (Phi) is 6.51. The number of aromatic nitrogens is 3. The Morgan fingerprint density at radius 2 is 1.96 bits per heavy atom. The topological polar surface area (TPSA) is 82.1 Å². The Labute approximate surface area is 166 Å². The van der Waals surface area contributed by atoms with Crippen LogP contribution in [0.15, 0.2) is 40.3 Å². The summed E-state index contributed by atoms with van der Waals surface area (Å²) in [4.78, 5) is 23.4. The van der Waals surface area contributed by atoms with Gasteiger partial charge in [-0.1, -0.05) is 67.3 Å². The number of aromatic amines is 1. The van der Waals surface area contributed by atoms with Gasteiger partial charge in [0.25, 0.3) is 0 Å². The lowest BCUT2D eigenvalue weighted by atomic mass is 10.1. The summed E-state index contributed by atoms with van der Waals surface area (Å²) in [5.74, 6) is 1.66. The Balaban J connectivity index is 1.82. The van der Waals surface area contributed by atoms with E-state index in [0.29, 0.717) is 27.2 Å². The van der Waals surface area contributed by atoms with E-state index in [0.717, 1.165) is 29.9 Å². The second-order valence-corrected chi connectivity index (χ2v) is 8.97. The molecule has 2 heterocycles. The fourth-order valence-corrected chi connectivity index (χ4v) is 4.51. The molecular weight excluding hydrogens is 380 g/mol. The van der Waals surface area contributed by atoms with E-state index >= 15 is 0 Å². The number of hydroxylamine groups is 1. The summed E-state index contributed by atoms with van der Waals surface area (Å²) in [5, 5.41) is 12.4. The van der Waals surface area contributed by atoms with Crippen LogP contribution >= 0.6 is 23.1 Å². The predicted molar refractivity (Wildman–Crippen MR) is 112 cm³/mol. The van der Waals surface area contributed by atoms with Gasteiger partial charge in [-0.05, 0) is 31.2 Å². The van der Waals surface area contributed by atoms with Crippen LogP contribution in [0.5, 0.6) is 0 Å². The van der Waals surface area contributed by atoms with Crippen molar-refractivity contribution in [3.05, 3.63) is 45.6 Å². The minimum absolute atomic E-state index is 0.109. The van der Waals surface area contributed by atoms with Gasteiger partial charge in [0.1, 0.15) is 4.70 Å². The summed E-state index contributed by atoms with van der Waals surface area (Å²) in [6, 6.07) is 10.1. The summed E-state index contributed by atoms with van der Waals surface area (Å²) in [7, 11) is 0. The molecule has 0 bridgehead atoms. The highest BCUT2D eigenvalue weighted by Crippen LogP contribution is 2.29. The summed E-state index contributed by atoms with van der Waals surface area (Å²) in [6.45, 7) is 6.17. The number of thioether (sulfide) groups is 1. The molecule has 8 heteroatoms. The van der Waals surface area contributed by atoms with Crippen molar-refractivity contribution in [3.8, 4) is 0 Å². The van der Waals surface area contributed by atoms with Gasteiger partial charge in [0.15, 0.2) is 16.6 Å². The maximum absolute atomic E-state index is 11.8. The van der Waals surface area contributed by atoms with E-state index in [2.05, 4.69) is 40.9 Å². The molecule has 144 valence electrons. The van der Waals surface area contributed by atoms with Crippen molar-refractivity contribution in [2.24, 2.45) is 5.92 Å². The molecule has 2 aromatic heterocycles. The Bertz CT molecular complexity index is 940. The largest absolute Gasteiger partial charge is 0.306 e. The van der Waals surface area contributed by atoms with Crippen molar-refractivity contribution in [2.75, 3.05) is 10.8 Å². The molecule has 27 heavy (non-hydrogen) atoms. The molecule has 0 aliphatic carbocycles. The van der Waals surface area contributed by atoms with E-state index in [-0.39, 0.29) is 10.9 Å². The first-order chi connectivity index (χ1) is 12.9. The average molecular weight is 405 g/mol. The second kappa shape index (κ2) is 8.86. The van der Waals surface area contributed by atoms with Crippen molar-refractivity contribution in [2.45, 2.75) is 44.8 Å². The molecule has 6 nitrogen and oxygen atoms in total. The molecule has 1 atom stereocenters. The predicted octanol–water partition coefficient (Wildman–Crippen LogP) is 4.34. The lowest BCUT2D eigenvalue weighted by molar-refractivity contribution is 0.206. The number of H-pyrrole nitrogens is 1. The van der Waals surface area contributed by atoms with Crippen LogP contribution in [0.1, 0.15) is 32.8 Å². The van der Waals surface area contributed by atoms with Gasteiger partial charge >= 0.3 is 4.87 Å². The summed E-state index contributed by atoms with van der Waals surface area (Å²) in [5.41, 5.74) is 1.73. The standard InChI is InChI=1S/C19H24N4O2S2/c1-12(2)11-13(3)23(25)17-15-16(21-19(24)27-15)20-18(22-17)26-10-9-14-7-5-4-6-8-14/h4-8,12-13,25H,9-11H2,1-3H3,(H,20,21,22,24)/t13-/m1/s1. The molecule has 0 unspecified atom stereocenters.